The van der Waals surface area contributed by atoms with Crippen LogP contribution in [0.4, 0.5) is 0 Å². The summed E-state index contributed by atoms with van der Waals surface area (Å²) in [5.74, 6) is 0.830. The first-order valence-corrected chi connectivity index (χ1v) is 5.89. The first-order chi connectivity index (χ1) is 7.65. The van der Waals surface area contributed by atoms with Crippen LogP contribution in [-0.4, -0.2) is 23.4 Å². The number of hydrogen-bond acceptors (Lipinski definition) is 4. The highest BCUT2D eigenvalue weighted by atomic mass is 16.5. The number of hydrogen-bond donors (Lipinski definition) is 2. The van der Waals surface area contributed by atoms with Crippen LogP contribution in [0.3, 0.4) is 0 Å². The first-order valence-electron chi connectivity index (χ1n) is 5.89. The van der Waals surface area contributed by atoms with Crippen LogP contribution in [0.2, 0.25) is 0 Å². The topological polar surface area (TPSA) is 58.3 Å². The van der Waals surface area contributed by atoms with E-state index in [0.29, 0.717) is 6.54 Å². The van der Waals surface area contributed by atoms with Crippen molar-refractivity contribution < 1.29 is 9.63 Å². The molecule has 0 saturated heterocycles. The summed E-state index contributed by atoms with van der Waals surface area (Å²) < 4.78 is 4.99. The van der Waals surface area contributed by atoms with Gasteiger partial charge in [-0.15, -0.1) is 0 Å². The highest BCUT2D eigenvalue weighted by Crippen LogP contribution is 2.24. The van der Waals surface area contributed by atoms with E-state index in [9.17, 15) is 5.11 Å². The molecule has 0 amide bonds. The van der Waals surface area contributed by atoms with Gasteiger partial charge in [0.05, 0.1) is 5.69 Å². The zero-order valence-corrected chi connectivity index (χ0v) is 10.4. The van der Waals surface area contributed by atoms with E-state index in [4.69, 9.17) is 4.52 Å². The van der Waals surface area contributed by atoms with E-state index in [2.05, 4.69) is 24.3 Å². The smallest absolute Gasteiger partial charge is 0.133 e. The Kier molecular flexibility index (Phi) is 4.96. The predicted molar refractivity (Wildman–Crippen MR) is 63.0 cm³/mol. The van der Waals surface area contributed by atoms with Crippen molar-refractivity contribution in [3.05, 3.63) is 17.5 Å². The molecule has 16 heavy (non-hydrogen) atoms. The van der Waals surface area contributed by atoms with Crippen LogP contribution in [0, 0.1) is 12.3 Å². The van der Waals surface area contributed by atoms with Gasteiger partial charge in [-0.25, -0.2) is 0 Å². The Hall–Kier alpha value is -0.870. The quantitative estimate of drug-likeness (QED) is 0.745. The van der Waals surface area contributed by atoms with E-state index in [1.165, 1.54) is 0 Å². The molecule has 0 saturated carbocycles. The lowest BCUT2D eigenvalue weighted by atomic mass is 9.83. The maximum absolute atomic E-state index is 9.40. The largest absolute Gasteiger partial charge is 0.396 e. The Bertz CT molecular complexity index is 297. The maximum Gasteiger partial charge on any atom is 0.133 e. The van der Waals surface area contributed by atoms with Crippen molar-refractivity contribution in [3.8, 4) is 0 Å². The monoisotopic (exact) mass is 226 g/mol. The van der Waals surface area contributed by atoms with Crippen molar-refractivity contribution in [2.24, 2.45) is 5.41 Å². The molecule has 1 aromatic rings. The van der Waals surface area contributed by atoms with Gasteiger partial charge in [-0.2, -0.15) is 0 Å². The molecule has 0 radical (unpaired) electrons. The van der Waals surface area contributed by atoms with Crippen molar-refractivity contribution in [2.75, 3.05) is 13.2 Å². The van der Waals surface area contributed by atoms with Gasteiger partial charge in [0, 0.05) is 31.2 Å². The molecule has 0 bridgehead atoms. The number of aliphatic hydroxyl groups is 1. The molecule has 92 valence electrons. The lowest BCUT2D eigenvalue weighted by Crippen LogP contribution is -2.36. The molecule has 0 aliphatic heterocycles. The molecule has 1 heterocycles. The van der Waals surface area contributed by atoms with Crippen molar-refractivity contribution in [1.82, 2.24) is 10.5 Å². The summed E-state index contributed by atoms with van der Waals surface area (Å²) in [6.07, 6.45) is 1.95. The molecule has 2 N–H and O–H groups in total. The average Bonchev–Trinajstić information content (AvgIpc) is 2.71. The molecule has 1 aromatic heterocycles. The normalized spacial score (nSPS) is 12.0. The summed E-state index contributed by atoms with van der Waals surface area (Å²) in [6.45, 7) is 7.84. The lowest BCUT2D eigenvalue weighted by Gasteiger charge is -2.29. The summed E-state index contributed by atoms with van der Waals surface area (Å²) in [5, 5.41) is 16.6. The van der Waals surface area contributed by atoms with E-state index in [1.807, 2.05) is 13.0 Å². The molecule has 4 heteroatoms. The van der Waals surface area contributed by atoms with Gasteiger partial charge in [-0.3, -0.25) is 0 Å². The van der Waals surface area contributed by atoms with E-state index in [0.717, 1.165) is 30.8 Å². The molecule has 0 atom stereocenters. The predicted octanol–water partition coefficient (Wildman–Crippen LogP) is 1.87. The minimum absolute atomic E-state index is 0.00121. The minimum atomic E-state index is -0.00121. The first kappa shape index (κ1) is 13.2. The van der Waals surface area contributed by atoms with E-state index in [1.54, 1.807) is 0 Å². The highest BCUT2D eigenvalue weighted by molar-refractivity contribution is 5.03. The van der Waals surface area contributed by atoms with Gasteiger partial charge >= 0.3 is 0 Å². The van der Waals surface area contributed by atoms with Crippen LogP contribution in [0.15, 0.2) is 10.6 Å². The van der Waals surface area contributed by atoms with Gasteiger partial charge in [0.15, 0.2) is 0 Å². The minimum Gasteiger partial charge on any atom is -0.396 e. The molecule has 0 unspecified atom stereocenters. The molecule has 0 aliphatic carbocycles. The third-order valence-corrected chi connectivity index (χ3v) is 3.32. The fourth-order valence-electron chi connectivity index (χ4n) is 1.74. The molecule has 4 nitrogen and oxygen atoms in total. The molecule has 0 aromatic carbocycles. The third-order valence-electron chi connectivity index (χ3n) is 3.32. The number of nitrogens with one attached hydrogen (secondary N) is 1. The fraction of sp³-hybridized carbons (Fsp3) is 0.750. The second kappa shape index (κ2) is 6.01. The van der Waals surface area contributed by atoms with Gasteiger partial charge in [0.1, 0.15) is 5.76 Å². The van der Waals surface area contributed by atoms with Gasteiger partial charge in [0.2, 0.25) is 0 Å². The molecular formula is C12H22N2O2. The van der Waals surface area contributed by atoms with E-state index >= 15 is 0 Å². The Morgan fingerprint density at radius 3 is 2.56 bits per heavy atom. The van der Waals surface area contributed by atoms with Crippen molar-refractivity contribution in [1.29, 1.82) is 0 Å². The van der Waals surface area contributed by atoms with Crippen LogP contribution in [0.1, 0.15) is 38.1 Å². The highest BCUT2D eigenvalue weighted by Gasteiger charge is 2.24. The number of aliphatic hydroxyl groups excluding tert-OH is 1. The van der Waals surface area contributed by atoms with Gasteiger partial charge in [-0.1, -0.05) is 19.0 Å². The van der Waals surface area contributed by atoms with Crippen LogP contribution < -0.4 is 5.32 Å². The second-order valence-electron chi connectivity index (χ2n) is 4.40. The number of aromatic nitrogens is 1. The van der Waals surface area contributed by atoms with Crippen molar-refractivity contribution >= 4 is 0 Å². The second-order valence-corrected chi connectivity index (χ2v) is 4.40. The van der Waals surface area contributed by atoms with Gasteiger partial charge in [-0.05, 0) is 19.8 Å². The molecule has 1 rings (SSSR count). The summed E-state index contributed by atoms with van der Waals surface area (Å²) in [6, 6.07) is 1.92. The average molecular weight is 226 g/mol. The zero-order chi connectivity index (χ0) is 12.0. The Morgan fingerprint density at radius 2 is 2.12 bits per heavy atom. The van der Waals surface area contributed by atoms with Crippen molar-refractivity contribution in [3.63, 3.8) is 0 Å². The van der Waals surface area contributed by atoms with Gasteiger partial charge in [0.25, 0.3) is 0 Å². The summed E-state index contributed by atoms with van der Waals surface area (Å²) in [4.78, 5) is 0. The van der Waals surface area contributed by atoms with Crippen LogP contribution in [-0.2, 0) is 6.54 Å². The molecule has 0 spiro atoms. The van der Waals surface area contributed by atoms with Crippen LogP contribution >= 0.6 is 0 Å². The molecule has 0 aliphatic rings. The number of rotatable bonds is 7. The summed E-state index contributed by atoms with van der Waals surface area (Å²) in [5.41, 5.74) is 0.912. The zero-order valence-electron chi connectivity index (χ0n) is 10.4. The molecular weight excluding hydrogens is 204 g/mol. The molecule has 0 fully saturated rings. The number of aryl methyl sites for hydroxylation is 1. The van der Waals surface area contributed by atoms with E-state index < -0.39 is 0 Å². The Balaban J connectivity index is 2.39. The Morgan fingerprint density at radius 1 is 1.44 bits per heavy atom. The van der Waals surface area contributed by atoms with E-state index in [-0.39, 0.29) is 12.0 Å². The fourth-order valence-corrected chi connectivity index (χ4v) is 1.74. The van der Waals surface area contributed by atoms with Crippen molar-refractivity contribution in [2.45, 2.75) is 40.2 Å². The standard InChI is InChI=1S/C12H22N2O2/c1-4-12(5-2,9-15)8-13-7-11-6-10(3)16-14-11/h6,13,15H,4-5,7-9H2,1-3H3. The number of nitrogens with zero attached hydrogens (tertiary/aromatic N) is 1. The third kappa shape index (κ3) is 3.32. The maximum atomic E-state index is 9.40. The summed E-state index contributed by atoms with van der Waals surface area (Å²) in [7, 11) is 0. The summed E-state index contributed by atoms with van der Waals surface area (Å²) >= 11 is 0. The van der Waals surface area contributed by atoms with Crippen LogP contribution in [0.5, 0.6) is 0 Å². The lowest BCUT2D eigenvalue weighted by molar-refractivity contribution is 0.113. The van der Waals surface area contributed by atoms with Gasteiger partial charge < -0.3 is 14.9 Å². The van der Waals surface area contributed by atoms with Crippen LogP contribution in [0.25, 0.3) is 0 Å². The Labute approximate surface area is 97.0 Å². The SMILES string of the molecule is CCC(CC)(CO)CNCc1cc(C)on1.